The summed E-state index contributed by atoms with van der Waals surface area (Å²) in [7, 11) is 4.92. The molecular weight excluding hydrogens is 462 g/mol. The summed E-state index contributed by atoms with van der Waals surface area (Å²) in [4.78, 5) is 13.4. The quantitative estimate of drug-likeness (QED) is 0.193. The number of unbranched alkanes of at least 4 members (excludes halogenated alkanes) is 1. The SMILES string of the molecule is CCCCN(CCOCCOCCOC)c1cc(COC)cc(COc2ccc(C=O)cc2OC)c1. The number of nitrogens with zero attached hydrogens (tertiary/aromatic N) is 1. The molecule has 0 spiro atoms. The van der Waals surface area contributed by atoms with Crippen LogP contribution in [0.3, 0.4) is 0 Å². The molecule has 36 heavy (non-hydrogen) atoms. The lowest BCUT2D eigenvalue weighted by Crippen LogP contribution is -2.29. The summed E-state index contributed by atoms with van der Waals surface area (Å²) in [6.45, 7) is 7.65. The van der Waals surface area contributed by atoms with Gasteiger partial charge in [0, 0.05) is 38.6 Å². The molecule has 2 aromatic carbocycles. The first kappa shape index (κ1) is 29.6. The molecule has 0 atom stereocenters. The van der Waals surface area contributed by atoms with Gasteiger partial charge in [0.05, 0.1) is 46.8 Å². The Labute approximate surface area is 215 Å². The van der Waals surface area contributed by atoms with E-state index in [0.29, 0.717) is 63.3 Å². The van der Waals surface area contributed by atoms with Crippen molar-refractivity contribution in [1.82, 2.24) is 0 Å². The molecule has 0 saturated carbocycles. The molecule has 0 unspecified atom stereocenters. The maximum absolute atomic E-state index is 11.1. The fourth-order valence-electron chi connectivity index (χ4n) is 3.65. The number of anilines is 1. The predicted molar refractivity (Wildman–Crippen MR) is 141 cm³/mol. The molecule has 0 radical (unpaired) electrons. The van der Waals surface area contributed by atoms with Crippen LogP contribution in [-0.4, -0.2) is 73.7 Å². The van der Waals surface area contributed by atoms with Crippen LogP contribution in [0.25, 0.3) is 0 Å². The van der Waals surface area contributed by atoms with Crippen molar-refractivity contribution < 1.29 is 33.2 Å². The standard InChI is InChI=1S/C28H41NO7/c1-5-6-9-29(10-11-34-14-15-35-13-12-31-2)26-17-24(21-32-3)16-25(18-26)22-36-27-8-7-23(20-30)19-28(27)33-4/h7-8,16-20H,5-6,9-15,21-22H2,1-4H3. The molecule has 0 heterocycles. The first-order valence-corrected chi connectivity index (χ1v) is 12.4. The number of methoxy groups -OCH3 is 3. The summed E-state index contributed by atoms with van der Waals surface area (Å²) in [6, 6.07) is 11.5. The highest BCUT2D eigenvalue weighted by Gasteiger charge is 2.12. The summed E-state index contributed by atoms with van der Waals surface area (Å²) in [5.41, 5.74) is 3.75. The first-order valence-electron chi connectivity index (χ1n) is 12.4. The number of benzene rings is 2. The summed E-state index contributed by atoms with van der Waals surface area (Å²) in [6.07, 6.45) is 2.98. The van der Waals surface area contributed by atoms with Crippen LogP contribution in [0.4, 0.5) is 5.69 Å². The summed E-state index contributed by atoms with van der Waals surface area (Å²) in [5, 5.41) is 0. The Morgan fingerprint density at radius 3 is 2.17 bits per heavy atom. The molecule has 0 aliphatic rings. The summed E-state index contributed by atoms with van der Waals surface area (Å²) >= 11 is 0. The van der Waals surface area contributed by atoms with Crippen LogP contribution >= 0.6 is 0 Å². The Balaban J connectivity index is 2.08. The lowest BCUT2D eigenvalue weighted by molar-refractivity contribution is 0.0264. The third kappa shape index (κ3) is 10.5. The van der Waals surface area contributed by atoms with Crippen molar-refractivity contribution in [1.29, 1.82) is 0 Å². The lowest BCUT2D eigenvalue weighted by atomic mass is 10.1. The van der Waals surface area contributed by atoms with E-state index in [-0.39, 0.29) is 0 Å². The minimum absolute atomic E-state index is 0.359. The van der Waals surface area contributed by atoms with Crippen molar-refractivity contribution in [2.24, 2.45) is 0 Å². The van der Waals surface area contributed by atoms with E-state index in [4.69, 9.17) is 28.4 Å². The van der Waals surface area contributed by atoms with Crippen molar-refractivity contribution in [3.63, 3.8) is 0 Å². The zero-order valence-electron chi connectivity index (χ0n) is 22.1. The second-order valence-electron chi connectivity index (χ2n) is 8.32. The number of rotatable bonds is 20. The Hall–Kier alpha value is -2.65. The number of hydrogen-bond acceptors (Lipinski definition) is 8. The molecule has 0 fully saturated rings. The normalized spacial score (nSPS) is 10.9. The molecule has 0 N–H and O–H groups in total. The molecule has 0 saturated heterocycles. The van der Waals surface area contributed by atoms with E-state index in [2.05, 4.69) is 30.0 Å². The van der Waals surface area contributed by atoms with Crippen LogP contribution in [0, 0.1) is 0 Å². The van der Waals surface area contributed by atoms with Gasteiger partial charge in [-0.05, 0) is 53.9 Å². The zero-order valence-corrected chi connectivity index (χ0v) is 22.1. The van der Waals surface area contributed by atoms with E-state index >= 15 is 0 Å². The highest BCUT2D eigenvalue weighted by atomic mass is 16.5. The summed E-state index contributed by atoms with van der Waals surface area (Å²) < 4.78 is 33.1. The van der Waals surface area contributed by atoms with Gasteiger partial charge in [-0.3, -0.25) is 4.79 Å². The van der Waals surface area contributed by atoms with E-state index < -0.39 is 0 Å². The Bertz CT molecular complexity index is 890. The third-order valence-corrected chi connectivity index (χ3v) is 5.52. The molecule has 2 rings (SSSR count). The molecule has 0 aliphatic heterocycles. The largest absolute Gasteiger partial charge is 0.493 e. The van der Waals surface area contributed by atoms with Crippen LogP contribution in [0.2, 0.25) is 0 Å². The average molecular weight is 504 g/mol. The van der Waals surface area contributed by atoms with E-state index in [1.807, 2.05) is 0 Å². The monoisotopic (exact) mass is 503 g/mol. The minimum Gasteiger partial charge on any atom is -0.493 e. The number of carbonyl (C=O) groups is 1. The van der Waals surface area contributed by atoms with Gasteiger partial charge in [-0.15, -0.1) is 0 Å². The van der Waals surface area contributed by atoms with Crippen LogP contribution in [0.5, 0.6) is 11.5 Å². The van der Waals surface area contributed by atoms with Crippen LogP contribution in [-0.2, 0) is 32.2 Å². The van der Waals surface area contributed by atoms with Gasteiger partial charge in [-0.1, -0.05) is 13.3 Å². The maximum atomic E-state index is 11.1. The van der Waals surface area contributed by atoms with Crippen molar-refractivity contribution in [2.75, 3.05) is 72.4 Å². The fraction of sp³-hybridized carbons (Fsp3) is 0.536. The molecule has 2 aromatic rings. The van der Waals surface area contributed by atoms with Gasteiger partial charge in [-0.25, -0.2) is 0 Å². The molecule has 8 nitrogen and oxygen atoms in total. The van der Waals surface area contributed by atoms with Gasteiger partial charge < -0.3 is 33.3 Å². The molecule has 8 heteroatoms. The summed E-state index contributed by atoms with van der Waals surface area (Å²) in [5.74, 6) is 1.12. The smallest absolute Gasteiger partial charge is 0.161 e. The minimum atomic E-state index is 0.359. The van der Waals surface area contributed by atoms with Crippen LogP contribution in [0.15, 0.2) is 36.4 Å². The molecule has 0 aromatic heterocycles. The second-order valence-corrected chi connectivity index (χ2v) is 8.32. The molecule has 0 amide bonds. The Morgan fingerprint density at radius 1 is 0.778 bits per heavy atom. The highest BCUT2D eigenvalue weighted by Crippen LogP contribution is 2.29. The first-order chi connectivity index (χ1) is 17.6. The van der Waals surface area contributed by atoms with Crippen LogP contribution in [0.1, 0.15) is 41.3 Å². The molecular formula is C28H41NO7. The van der Waals surface area contributed by atoms with Gasteiger partial charge in [0.25, 0.3) is 0 Å². The second kappa shape index (κ2) is 17.7. The topological polar surface area (TPSA) is 75.7 Å². The lowest BCUT2D eigenvalue weighted by Gasteiger charge is -2.26. The van der Waals surface area contributed by atoms with E-state index in [9.17, 15) is 4.79 Å². The van der Waals surface area contributed by atoms with Crippen molar-refractivity contribution >= 4 is 12.0 Å². The third-order valence-electron chi connectivity index (χ3n) is 5.52. The van der Waals surface area contributed by atoms with Gasteiger partial charge in [0.1, 0.15) is 12.9 Å². The van der Waals surface area contributed by atoms with Gasteiger partial charge >= 0.3 is 0 Å². The van der Waals surface area contributed by atoms with E-state index in [1.165, 1.54) is 0 Å². The van der Waals surface area contributed by atoms with E-state index in [1.54, 1.807) is 39.5 Å². The predicted octanol–water partition coefficient (Wildman–Crippen LogP) is 4.52. The van der Waals surface area contributed by atoms with Crippen LogP contribution < -0.4 is 14.4 Å². The maximum Gasteiger partial charge on any atom is 0.161 e. The molecule has 200 valence electrons. The zero-order chi connectivity index (χ0) is 26.0. The fourth-order valence-corrected chi connectivity index (χ4v) is 3.65. The number of aldehydes is 1. The Morgan fingerprint density at radius 2 is 1.50 bits per heavy atom. The van der Waals surface area contributed by atoms with Crippen molar-refractivity contribution in [3.05, 3.63) is 53.1 Å². The Kier molecular flexibility index (Phi) is 14.6. The number of ether oxygens (including phenoxy) is 6. The van der Waals surface area contributed by atoms with Crippen molar-refractivity contribution in [3.8, 4) is 11.5 Å². The number of hydrogen-bond donors (Lipinski definition) is 0. The van der Waals surface area contributed by atoms with Gasteiger partial charge in [0.15, 0.2) is 11.5 Å². The molecule has 0 aliphatic carbocycles. The highest BCUT2D eigenvalue weighted by molar-refractivity contribution is 5.76. The molecule has 0 bridgehead atoms. The van der Waals surface area contributed by atoms with Crippen molar-refractivity contribution in [2.45, 2.75) is 33.0 Å². The number of carbonyl (C=O) groups excluding carboxylic acids is 1. The van der Waals surface area contributed by atoms with Gasteiger partial charge in [-0.2, -0.15) is 0 Å². The average Bonchev–Trinajstić information content (AvgIpc) is 2.90. The van der Waals surface area contributed by atoms with E-state index in [0.717, 1.165) is 49.0 Å². The van der Waals surface area contributed by atoms with Gasteiger partial charge in [0.2, 0.25) is 0 Å².